The smallest absolute Gasteiger partial charge is 0.234 e. The van der Waals surface area contributed by atoms with Crippen LogP contribution in [0.15, 0.2) is 18.2 Å². The van der Waals surface area contributed by atoms with Gasteiger partial charge in [-0.15, -0.1) is 0 Å². The fourth-order valence-corrected chi connectivity index (χ4v) is 2.41. The number of hydrogen-bond donors (Lipinski definition) is 2. The van der Waals surface area contributed by atoms with Gasteiger partial charge in [-0.3, -0.25) is 4.79 Å². The number of anilines is 1. The van der Waals surface area contributed by atoms with E-state index in [0.29, 0.717) is 0 Å². The summed E-state index contributed by atoms with van der Waals surface area (Å²) < 4.78 is 0. The van der Waals surface area contributed by atoms with Gasteiger partial charge in [0, 0.05) is 5.69 Å². The molecule has 4 heteroatoms. The average Bonchev–Trinajstić information content (AvgIpc) is 2.85. The first-order valence-corrected chi connectivity index (χ1v) is 6.54. The van der Waals surface area contributed by atoms with Crippen molar-refractivity contribution in [2.75, 3.05) is 5.32 Å². The average molecular weight is 255 g/mol. The van der Waals surface area contributed by atoms with Crippen LogP contribution < -0.4 is 5.32 Å². The third-order valence-electron chi connectivity index (χ3n) is 3.64. The van der Waals surface area contributed by atoms with Crippen LogP contribution in [0.2, 0.25) is 0 Å². The van der Waals surface area contributed by atoms with Crippen molar-refractivity contribution in [2.45, 2.75) is 32.6 Å². The zero-order valence-electron chi connectivity index (χ0n) is 11.4. The molecule has 1 aliphatic heterocycles. The number of allylic oxidation sites excluding steroid dienone is 1. The molecule has 2 heterocycles. The number of amides is 1. The van der Waals surface area contributed by atoms with Crippen LogP contribution in [0.4, 0.5) is 5.69 Å². The van der Waals surface area contributed by atoms with E-state index < -0.39 is 5.41 Å². The van der Waals surface area contributed by atoms with Gasteiger partial charge in [-0.1, -0.05) is 13.0 Å². The van der Waals surface area contributed by atoms with E-state index in [1.54, 1.807) is 0 Å². The van der Waals surface area contributed by atoms with Crippen molar-refractivity contribution in [2.24, 2.45) is 0 Å². The molecule has 0 saturated carbocycles. The second-order valence-electron chi connectivity index (χ2n) is 5.43. The van der Waals surface area contributed by atoms with Crippen molar-refractivity contribution < 1.29 is 4.79 Å². The molecule has 0 bridgehead atoms. The molecule has 1 amide bonds. The molecule has 19 heavy (non-hydrogen) atoms. The third kappa shape index (κ3) is 1.75. The molecule has 3 rings (SSSR count). The van der Waals surface area contributed by atoms with Gasteiger partial charge in [0.15, 0.2) is 0 Å². The molecule has 2 N–H and O–H groups in total. The molecule has 0 spiro atoms. The van der Waals surface area contributed by atoms with E-state index >= 15 is 0 Å². The first-order valence-electron chi connectivity index (χ1n) is 6.54. The molecule has 0 unspecified atom stereocenters. The second-order valence-corrected chi connectivity index (χ2v) is 5.43. The summed E-state index contributed by atoms with van der Waals surface area (Å²) in [5.41, 5.74) is 3.28. The Labute approximate surface area is 111 Å². The summed E-state index contributed by atoms with van der Waals surface area (Å²) in [5.74, 6) is 0.894. The predicted octanol–water partition coefficient (Wildman–Crippen LogP) is 3.22. The maximum atomic E-state index is 11.9. The van der Waals surface area contributed by atoms with E-state index in [1.807, 2.05) is 32.1 Å². The number of H-pyrrole nitrogens is 1. The number of benzene rings is 1. The van der Waals surface area contributed by atoms with Gasteiger partial charge in [0.25, 0.3) is 0 Å². The highest BCUT2D eigenvalue weighted by Gasteiger charge is 2.38. The number of nitrogens with zero attached hydrogens (tertiary/aromatic N) is 1. The van der Waals surface area contributed by atoms with Crippen molar-refractivity contribution in [1.82, 2.24) is 9.97 Å². The molecule has 0 radical (unpaired) electrons. The molecule has 98 valence electrons. The summed E-state index contributed by atoms with van der Waals surface area (Å²) in [6, 6.07) is 3.97. The van der Waals surface area contributed by atoms with E-state index in [4.69, 9.17) is 0 Å². The van der Waals surface area contributed by atoms with Gasteiger partial charge in [-0.05, 0) is 44.0 Å². The van der Waals surface area contributed by atoms with Crippen molar-refractivity contribution in [3.63, 3.8) is 0 Å². The number of hydrogen-bond acceptors (Lipinski definition) is 2. The first-order chi connectivity index (χ1) is 9.02. The molecule has 0 atom stereocenters. The molecule has 1 aromatic carbocycles. The lowest BCUT2D eigenvalue weighted by atomic mass is 9.86. The number of carbonyl (C=O) groups is 1. The van der Waals surface area contributed by atoms with Crippen LogP contribution in [0.5, 0.6) is 0 Å². The molecule has 2 aromatic rings. The van der Waals surface area contributed by atoms with Gasteiger partial charge >= 0.3 is 0 Å². The fraction of sp³-hybridized carbons (Fsp3) is 0.333. The predicted molar refractivity (Wildman–Crippen MR) is 77.1 cm³/mol. The molecule has 0 saturated heterocycles. The van der Waals surface area contributed by atoms with Crippen LogP contribution in [-0.4, -0.2) is 15.9 Å². The van der Waals surface area contributed by atoms with Crippen LogP contribution in [0.1, 0.15) is 38.6 Å². The molecular weight excluding hydrogens is 238 g/mol. The van der Waals surface area contributed by atoms with Crippen LogP contribution >= 0.6 is 0 Å². The van der Waals surface area contributed by atoms with Gasteiger partial charge in [0.1, 0.15) is 5.82 Å². The standard InChI is InChI=1S/C15H17N3O/c1-4-5-6-13-16-11-7-9-10(8-12(11)17-13)18-14(19)15(9,2)3/h5-8H,4H2,1-3H3,(H,16,17)(H,18,19)/b6-5+. The Morgan fingerprint density at radius 1 is 1.37 bits per heavy atom. The van der Waals surface area contributed by atoms with E-state index in [0.717, 1.165) is 34.5 Å². The van der Waals surface area contributed by atoms with E-state index in [-0.39, 0.29) is 5.91 Å². The minimum atomic E-state index is -0.478. The van der Waals surface area contributed by atoms with Gasteiger partial charge in [0.2, 0.25) is 5.91 Å². The van der Waals surface area contributed by atoms with Crippen LogP contribution in [0.3, 0.4) is 0 Å². The SMILES string of the molecule is CC/C=C/c1nc2cc3c(cc2[nH]1)C(C)(C)C(=O)N3. The number of fused-ring (bicyclic) bond motifs is 2. The number of imidazole rings is 1. The first kappa shape index (κ1) is 12.0. The normalized spacial score (nSPS) is 17.1. The fourth-order valence-electron chi connectivity index (χ4n) is 2.41. The maximum absolute atomic E-state index is 11.9. The summed E-state index contributed by atoms with van der Waals surface area (Å²) in [4.78, 5) is 19.7. The summed E-state index contributed by atoms with van der Waals surface area (Å²) in [5, 5.41) is 2.92. The Kier molecular flexibility index (Phi) is 2.49. The van der Waals surface area contributed by atoms with Gasteiger partial charge < -0.3 is 10.3 Å². The molecule has 1 aliphatic rings. The Hall–Kier alpha value is -2.10. The summed E-state index contributed by atoms with van der Waals surface area (Å²) in [6.07, 6.45) is 5.03. The monoisotopic (exact) mass is 255 g/mol. The summed E-state index contributed by atoms with van der Waals surface area (Å²) >= 11 is 0. The van der Waals surface area contributed by atoms with Crippen LogP contribution in [0.25, 0.3) is 17.1 Å². The highest BCUT2D eigenvalue weighted by molar-refractivity contribution is 6.07. The molecule has 4 nitrogen and oxygen atoms in total. The highest BCUT2D eigenvalue weighted by atomic mass is 16.2. The highest BCUT2D eigenvalue weighted by Crippen LogP contribution is 2.39. The largest absolute Gasteiger partial charge is 0.338 e. The Balaban J connectivity index is 2.14. The van der Waals surface area contributed by atoms with Crippen molar-refractivity contribution in [1.29, 1.82) is 0 Å². The Morgan fingerprint density at radius 3 is 2.89 bits per heavy atom. The second kappa shape index (κ2) is 3.95. The van der Waals surface area contributed by atoms with E-state index in [9.17, 15) is 4.79 Å². The number of carbonyl (C=O) groups excluding carboxylic acids is 1. The number of nitrogens with one attached hydrogen (secondary N) is 2. The quantitative estimate of drug-likeness (QED) is 0.865. The molecule has 1 aromatic heterocycles. The summed E-state index contributed by atoms with van der Waals surface area (Å²) in [6.45, 7) is 5.97. The third-order valence-corrected chi connectivity index (χ3v) is 3.64. The maximum Gasteiger partial charge on any atom is 0.234 e. The lowest BCUT2D eigenvalue weighted by Gasteiger charge is -2.14. The topological polar surface area (TPSA) is 57.8 Å². The molecular formula is C15H17N3O. The van der Waals surface area contributed by atoms with Gasteiger partial charge in [0.05, 0.1) is 16.4 Å². The van der Waals surface area contributed by atoms with Crippen molar-refractivity contribution >= 4 is 28.7 Å². The van der Waals surface area contributed by atoms with Crippen molar-refractivity contribution in [3.8, 4) is 0 Å². The molecule has 0 aliphatic carbocycles. The van der Waals surface area contributed by atoms with E-state index in [1.165, 1.54) is 0 Å². The van der Waals surface area contributed by atoms with E-state index in [2.05, 4.69) is 28.3 Å². The zero-order chi connectivity index (χ0) is 13.6. The lowest BCUT2D eigenvalue weighted by Crippen LogP contribution is -2.26. The minimum absolute atomic E-state index is 0.0428. The number of aromatic amines is 1. The lowest BCUT2D eigenvalue weighted by molar-refractivity contribution is -0.119. The summed E-state index contributed by atoms with van der Waals surface area (Å²) in [7, 11) is 0. The van der Waals surface area contributed by atoms with Crippen molar-refractivity contribution in [3.05, 3.63) is 29.6 Å². The number of rotatable bonds is 2. The zero-order valence-corrected chi connectivity index (χ0v) is 11.4. The molecule has 0 fully saturated rings. The Morgan fingerprint density at radius 2 is 2.16 bits per heavy atom. The van der Waals surface area contributed by atoms with Crippen LogP contribution in [0, 0.1) is 0 Å². The minimum Gasteiger partial charge on any atom is -0.338 e. The Bertz CT molecular complexity index is 695. The number of aromatic nitrogens is 2. The van der Waals surface area contributed by atoms with Crippen LogP contribution in [-0.2, 0) is 10.2 Å². The van der Waals surface area contributed by atoms with Gasteiger partial charge in [-0.25, -0.2) is 4.98 Å². The van der Waals surface area contributed by atoms with Gasteiger partial charge in [-0.2, -0.15) is 0 Å².